The first-order valence-corrected chi connectivity index (χ1v) is 7.92. The largest absolute Gasteiger partial charge is 0.339 e. The van der Waals surface area contributed by atoms with Gasteiger partial charge in [-0.1, -0.05) is 13.3 Å². The molecule has 1 aromatic heterocycles. The van der Waals surface area contributed by atoms with Crippen molar-refractivity contribution in [3.8, 4) is 0 Å². The van der Waals surface area contributed by atoms with E-state index in [9.17, 15) is 9.59 Å². The van der Waals surface area contributed by atoms with Gasteiger partial charge in [0.15, 0.2) is 4.77 Å². The Kier molecular flexibility index (Phi) is 5.13. The molecule has 2 rings (SSSR count). The number of unbranched alkanes of at least 4 members (excludes halogenated alkanes) is 1. The quantitative estimate of drug-likeness (QED) is 0.862. The number of fused-ring (bicyclic) bond motifs is 1. The first-order chi connectivity index (χ1) is 10.5. The van der Waals surface area contributed by atoms with Gasteiger partial charge in [-0.05, 0) is 43.8 Å². The summed E-state index contributed by atoms with van der Waals surface area (Å²) in [6.07, 6.45) is 2.03. The lowest BCUT2D eigenvalue weighted by atomic mass is 10.1. The van der Waals surface area contributed by atoms with Gasteiger partial charge in [0.2, 0.25) is 0 Å². The third-order valence-electron chi connectivity index (χ3n) is 3.80. The summed E-state index contributed by atoms with van der Waals surface area (Å²) in [5, 5.41) is 0.532. The van der Waals surface area contributed by atoms with E-state index in [0.29, 0.717) is 27.8 Å². The lowest BCUT2D eigenvalue weighted by Gasteiger charge is -2.20. The van der Waals surface area contributed by atoms with Crippen LogP contribution in [0.25, 0.3) is 10.9 Å². The normalized spacial score (nSPS) is 10.9. The van der Waals surface area contributed by atoms with Crippen molar-refractivity contribution in [2.75, 3.05) is 13.1 Å². The van der Waals surface area contributed by atoms with Crippen LogP contribution >= 0.6 is 12.2 Å². The van der Waals surface area contributed by atoms with E-state index in [2.05, 4.69) is 11.9 Å². The third-order valence-corrected chi connectivity index (χ3v) is 4.17. The molecule has 0 aliphatic carbocycles. The summed E-state index contributed by atoms with van der Waals surface area (Å²) in [6.45, 7) is 5.49. The van der Waals surface area contributed by atoms with Crippen LogP contribution < -0.4 is 5.56 Å². The molecule has 1 aromatic carbocycles. The van der Waals surface area contributed by atoms with Crippen molar-refractivity contribution in [2.24, 2.45) is 7.05 Å². The molecule has 0 aliphatic heterocycles. The summed E-state index contributed by atoms with van der Waals surface area (Å²) in [7, 11) is 1.63. The number of rotatable bonds is 5. The Labute approximate surface area is 134 Å². The van der Waals surface area contributed by atoms with Crippen LogP contribution in [0.15, 0.2) is 23.0 Å². The molecular formula is C16H21N3O2S. The lowest BCUT2D eigenvalue weighted by molar-refractivity contribution is 0.0762. The predicted molar refractivity (Wildman–Crippen MR) is 90.9 cm³/mol. The van der Waals surface area contributed by atoms with E-state index in [1.165, 1.54) is 4.57 Å². The highest BCUT2D eigenvalue weighted by Crippen LogP contribution is 2.13. The Bertz CT molecular complexity index is 807. The Morgan fingerprint density at radius 2 is 2.09 bits per heavy atom. The second-order valence-electron chi connectivity index (χ2n) is 5.29. The number of aromatic nitrogens is 2. The minimum atomic E-state index is -0.156. The molecule has 0 fully saturated rings. The number of hydrogen-bond donors (Lipinski definition) is 1. The second kappa shape index (κ2) is 6.87. The van der Waals surface area contributed by atoms with Crippen LogP contribution in [0.4, 0.5) is 0 Å². The number of nitrogens with one attached hydrogen (secondary N) is 1. The number of benzene rings is 1. The van der Waals surface area contributed by atoms with Crippen LogP contribution in [0.1, 0.15) is 37.0 Å². The molecule has 2 aromatic rings. The minimum Gasteiger partial charge on any atom is -0.339 e. The molecule has 0 aliphatic rings. The molecule has 0 saturated carbocycles. The number of carbonyl (C=O) groups is 1. The van der Waals surface area contributed by atoms with Gasteiger partial charge >= 0.3 is 0 Å². The summed E-state index contributed by atoms with van der Waals surface area (Å²) >= 11 is 5.12. The smallest absolute Gasteiger partial charge is 0.261 e. The molecule has 1 amide bonds. The number of aromatic amines is 1. The van der Waals surface area contributed by atoms with Crippen LogP contribution in [0, 0.1) is 4.77 Å². The van der Waals surface area contributed by atoms with Crippen LogP contribution in [-0.4, -0.2) is 33.4 Å². The summed E-state index contributed by atoms with van der Waals surface area (Å²) in [5.41, 5.74) is 1.02. The molecular weight excluding hydrogens is 298 g/mol. The number of carbonyl (C=O) groups excluding carboxylic acids is 1. The highest BCUT2D eigenvalue weighted by atomic mass is 32.1. The van der Waals surface area contributed by atoms with Crippen LogP contribution in [0.5, 0.6) is 0 Å². The van der Waals surface area contributed by atoms with Crippen molar-refractivity contribution in [1.82, 2.24) is 14.5 Å². The lowest BCUT2D eigenvalue weighted by Crippen LogP contribution is -2.31. The zero-order chi connectivity index (χ0) is 16.3. The van der Waals surface area contributed by atoms with E-state index in [1.807, 2.05) is 11.8 Å². The summed E-state index contributed by atoms with van der Waals surface area (Å²) < 4.78 is 1.74. The molecule has 0 radical (unpaired) electrons. The fraction of sp³-hybridized carbons (Fsp3) is 0.438. The minimum absolute atomic E-state index is 0.0159. The van der Waals surface area contributed by atoms with Gasteiger partial charge in [-0.25, -0.2) is 0 Å². The maximum atomic E-state index is 12.6. The van der Waals surface area contributed by atoms with E-state index >= 15 is 0 Å². The van der Waals surface area contributed by atoms with Crippen molar-refractivity contribution >= 4 is 29.0 Å². The molecule has 0 saturated heterocycles. The molecule has 0 unspecified atom stereocenters. The first kappa shape index (κ1) is 16.4. The van der Waals surface area contributed by atoms with Gasteiger partial charge < -0.3 is 9.88 Å². The van der Waals surface area contributed by atoms with Gasteiger partial charge in [0, 0.05) is 25.7 Å². The van der Waals surface area contributed by atoms with Crippen molar-refractivity contribution in [2.45, 2.75) is 26.7 Å². The Morgan fingerprint density at radius 3 is 2.73 bits per heavy atom. The van der Waals surface area contributed by atoms with Crippen molar-refractivity contribution in [3.05, 3.63) is 38.9 Å². The van der Waals surface area contributed by atoms with Crippen LogP contribution in [0.2, 0.25) is 0 Å². The standard InChI is InChI=1S/C16H21N3O2S/c1-4-6-9-19(5-2)14(20)11-7-8-12-13(10-11)17-16(22)18(3)15(12)21/h7-8,10H,4-6,9H2,1-3H3,(H,17,22). The summed E-state index contributed by atoms with van der Waals surface area (Å²) in [4.78, 5) is 29.5. The fourth-order valence-corrected chi connectivity index (χ4v) is 2.57. The highest BCUT2D eigenvalue weighted by Gasteiger charge is 2.15. The maximum absolute atomic E-state index is 12.6. The number of amides is 1. The number of H-pyrrole nitrogens is 1. The zero-order valence-electron chi connectivity index (χ0n) is 13.2. The zero-order valence-corrected chi connectivity index (χ0v) is 14.0. The second-order valence-corrected chi connectivity index (χ2v) is 5.68. The maximum Gasteiger partial charge on any atom is 0.261 e. The molecule has 6 heteroatoms. The van der Waals surface area contributed by atoms with Gasteiger partial charge in [-0.15, -0.1) is 0 Å². The summed E-state index contributed by atoms with van der Waals surface area (Å²) in [5.74, 6) is -0.0159. The van der Waals surface area contributed by atoms with Crippen molar-refractivity contribution in [1.29, 1.82) is 0 Å². The van der Waals surface area contributed by atoms with Gasteiger partial charge in [0.1, 0.15) is 0 Å². The van der Waals surface area contributed by atoms with Gasteiger partial charge in [0.25, 0.3) is 11.5 Å². The molecule has 118 valence electrons. The van der Waals surface area contributed by atoms with E-state index in [-0.39, 0.29) is 11.5 Å². The third kappa shape index (κ3) is 3.11. The Morgan fingerprint density at radius 1 is 1.36 bits per heavy atom. The van der Waals surface area contributed by atoms with Gasteiger partial charge in [-0.3, -0.25) is 14.2 Å². The Hall–Kier alpha value is -1.95. The molecule has 5 nitrogen and oxygen atoms in total. The average Bonchev–Trinajstić information content (AvgIpc) is 2.52. The van der Waals surface area contributed by atoms with E-state index in [1.54, 1.807) is 25.2 Å². The number of hydrogen-bond acceptors (Lipinski definition) is 3. The highest BCUT2D eigenvalue weighted by molar-refractivity contribution is 7.71. The van der Waals surface area contributed by atoms with Crippen molar-refractivity contribution in [3.63, 3.8) is 0 Å². The molecule has 1 heterocycles. The Balaban J connectivity index is 2.45. The monoisotopic (exact) mass is 319 g/mol. The van der Waals surface area contributed by atoms with Gasteiger partial charge in [0.05, 0.1) is 10.9 Å². The SMILES string of the molecule is CCCCN(CC)C(=O)c1ccc2c(=O)n(C)c(=S)[nH]c2c1. The van der Waals surface area contributed by atoms with Crippen molar-refractivity contribution < 1.29 is 4.79 Å². The first-order valence-electron chi connectivity index (χ1n) is 7.52. The topological polar surface area (TPSA) is 58.1 Å². The number of nitrogens with zero attached hydrogens (tertiary/aromatic N) is 2. The molecule has 0 bridgehead atoms. The van der Waals surface area contributed by atoms with Crippen LogP contribution in [0.3, 0.4) is 0 Å². The molecule has 0 atom stereocenters. The molecule has 22 heavy (non-hydrogen) atoms. The predicted octanol–water partition coefficient (Wildman–Crippen LogP) is 2.86. The molecule has 0 spiro atoms. The van der Waals surface area contributed by atoms with Crippen LogP contribution in [-0.2, 0) is 7.05 Å². The fourth-order valence-electron chi connectivity index (χ4n) is 2.37. The van der Waals surface area contributed by atoms with Gasteiger partial charge in [-0.2, -0.15) is 0 Å². The van der Waals surface area contributed by atoms with E-state index < -0.39 is 0 Å². The average molecular weight is 319 g/mol. The summed E-state index contributed by atoms with van der Waals surface area (Å²) in [6, 6.07) is 5.10. The van der Waals surface area contributed by atoms with E-state index in [0.717, 1.165) is 19.4 Å². The van der Waals surface area contributed by atoms with E-state index in [4.69, 9.17) is 12.2 Å². The molecule has 1 N–H and O–H groups in total.